The Morgan fingerprint density at radius 1 is 1.50 bits per heavy atom. The summed E-state index contributed by atoms with van der Waals surface area (Å²) in [7, 11) is 0. The maximum Gasteiger partial charge on any atom is 0.220 e. The van der Waals surface area contributed by atoms with Crippen LogP contribution in [0.5, 0.6) is 0 Å². The number of nitrogens with one attached hydrogen (secondary N) is 1. The van der Waals surface area contributed by atoms with Gasteiger partial charge in [0.1, 0.15) is 0 Å². The zero-order chi connectivity index (χ0) is 11.2. The molecule has 0 atom stereocenters. The molecule has 3 nitrogen and oxygen atoms in total. The number of carbonyl (C=O) groups is 1. The number of amides is 1. The third-order valence-electron chi connectivity index (χ3n) is 2.12. The van der Waals surface area contributed by atoms with Crippen LogP contribution in [0.25, 0.3) is 0 Å². The van der Waals surface area contributed by atoms with E-state index in [2.05, 4.69) is 5.32 Å². The van der Waals surface area contributed by atoms with Crippen molar-refractivity contribution in [2.24, 2.45) is 11.7 Å². The molecule has 1 fully saturated rings. The van der Waals surface area contributed by atoms with Gasteiger partial charge < -0.3 is 11.1 Å². The third-order valence-corrected chi connectivity index (χ3v) is 2.12. The molecule has 0 radical (unpaired) electrons. The molecule has 0 aromatic heterocycles. The van der Waals surface area contributed by atoms with Gasteiger partial charge >= 0.3 is 0 Å². The van der Waals surface area contributed by atoms with Crippen LogP contribution >= 0.6 is 0 Å². The average Bonchev–Trinajstić information content (AvgIpc) is 2.84. The summed E-state index contributed by atoms with van der Waals surface area (Å²) < 4.78 is 0. The molecule has 1 aliphatic carbocycles. The van der Waals surface area contributed by atoms with Crippen molar-refractivity contribution in [2.45, 2.75) is 52.5 Å². The summed E-state index contributed by atoms with van der Waals surface area (Å²) in [4.78, 5) is 11.2. The first-order valence-electron chi connectivity index (χ1n) is 5.57. The molecule has 0 spiro atoms. The van der Waals surface area contributed by atoms with Crippen molar-refractivity contribution in [3.05, 3.63) is 0 Å². The van der Waals surface area contributed by atoms with Gasteiger partial charge in [-0.15, -0.1) is 0 Å². The van der Waals surface area contributed by atoms with E-state index in [-0.39, 0.29) is 14.3 Å². The highest BCUT2D eigenvalue weighted by Crippen LogP contribution is 2.30. The first-order valence-corrected chi connectivity index (χ1v) is 5.57. The molecule has 3 N–H and O–H groups in total. The molecule has 0 heterocycles. The molecule has 0 bridgehead atoms. The van der Waals surface area contributed by atoms with Crippen LogP contribution in [-0.4, -0.2) is 18.0 Å². The topological polar surface area (TPSA) is 55.1 Å². The highest BCUT2D eigenvalue weighted by molar-refractivity contribution is 5.76. The lowest BCUT2D eigenvalue weighted by Crippen LogP contribution is -2.39. The predicted octanol–water partition coefficient (Wildman–Crippen LogP) is 2.16. The molecule has 1 rings (SSSR count). The van der Waals surface area contributed by atoms with Crippen molar-refractivity contribution >= 4 is 5.91 Å². The summed E-state index contributed by atoms with van der Waals surface area (Å²) in [5.41, 5.74) is 5.75. The Hall–Kier alpha value is -0.570. The van der Waals surface area contributed by atoms with Gasteiger partial charge in [-0.25, -0.2) is 0 Å². The molecule has 1 aliphatic rings. The molecule has 3 heteroatoms. The zero-order valence-electron chi connectivity index (χ0n) is 9.89. The van der Waals surface area contributed by atoms with Crippen LogP contribution in [0, 0.1) is 5.92 Å². The van der Waals surface area contributed by atoms with E-state index in [1.165, 1.54) is 0 Å². The van der Waals surface area contributed by atoms with E-state index in [4.69, 9.17) is 5.73 Å². The molecule has 0 unspecified atom stereocenters. The van der Waals surface area contributed by atoms with Crippen LogP contribution in [0.2, 0.25) is 0 Å². The monoisotopic (exact) mass is 204 g/mol. The predicted molar refractivity (Wildman–Crippen MR) is 64.2 cm³/mol. The van der Waals surface area contributed by atoms with E-state index < -0.39 is 0 Å². The molecule has 0 aromatic rings. The van der Waals surface area contributed by atoms with Gasteiger partial charge in [-0.1, -0.05) is 27.7 Å². The fourth-order valence-electron chi connectivity index (χ4n) is 1.05. The Morgan fingerprint density at radius 3 is 2.36 bits per heavy atom. The van der Waals surface area contributed by atoms with Gasteiger partial charge in [0.2, 0.25) is 5.91 Å². The fraction of sp³-hybridized carbons (Fsp3) is 0.909. The number of rotatable bonds is 4. The second-order valence-electron chi connectivity index (χ2n) is 4.24. The molecule has 88 valence electrons. The first kappa shape index (κ1) is 13.4. The maximum atomic E-state index is 11.2. The van der Waals surface area contributed by atoms with Gasteiger partial charge in [0.15, 0.2) is 0 Å². The summed E-state index contributed by atoms with van der Waals surface area (Å²) in [6.45, 7) is 8.72. The van der Waals surface area contributed by atoms with Crippen molar-refractivity contribution in [1.82, 2.24) is 5.32 Å². The zero-order valence-corrected chi connectivity index (χ0v) is 9.89. The second kappa shape index (κ2) is 6.02. The Balaban J connectivity index is -0.000000399. The van der Waals surface area contributed by atoms with Gasteiger partial charge in [-0.3, -0.25) is 4.79 Å². The van der Waals surface area contributed by atoms with Gasteiger partial charge in [0, 0.05) is 21.4 Å². The smallest absolute Gasteiger partial charge is 0.220 e. The van der Waals surface area contributed by atoms with E-state index >= 15 is 0 Å². The van der Waals surface area contributed by atoms with Crippen molar-refractivity contribution in [3.8, 4) is 0 Å². The van der Waals surface area contributed by atoms with Crippen LogP contribution in [0.1, 0.15) is 49.8 Å². The lowest BCUT2D eigenvalue weighted by molar-refractivity contribution is -0.121. The summed E-state index contributed by atoms with van der Waals surface area (Å²) in [6.07, 6.45) is 2.71. The SMILES string of the molecule is CC.CC(C)CC(=O)NCC1(N)CC1.[HH].[HH]. The molecule has 1 amide bonds. The molecule has 0 aliphatic heterocycles. The van der Waals surface area contributed by atoms with Gasteiger partial charge in [0.25, 0.3) is 0 Å². The summed E-state index contributed by atoms with van der Waals surface area (Å²) in [6, 6.07) is 0. The normalized spacial score (nSPS) is 17.0. The molecular formula is C11H28N2O. The van der Waals surface area contributed by atoms with E-state index in [1.54, 1.807) is 0 Å². The minimum Gasteiger partial charge on any atom is -0.354 e. The summed E-state index contributed by atoms with van der Waals surface area (Å²) in [5, 5.41) is 2.85. The Labute approximate surface area is 90.4 Å². The summed E-state index contributed by atoms with van der Waals surface area (Å²) in [5.74, 6) is 0.555. The van der Waals surface area contributed by atoms with Gasteiger partial charge in [-0.05, 0) is 18.8 Å². The van der Waals surface area contributed by atoms with E-state index in [1.807, 2.05) is 27.7 Å². The van der Waals surface area contributed by atoms with Crippen LogP contribution in [0.15, 0.2) is 0 Å². The molecule has 0 aromatic carbocycles. The number of hydrogen-bond acceptors (Lipinski definition) is 2. The highest BCUT2D eigenvalue weighted by atomic mass is 16.1. The van der Waals surface area contributed by atoms with Crippen LogP contribution < -0.4 is 11.1 Å². The Bertz CT molecular complexity index is 183. The second-order valence-corrected chi connectivity index (χ2v) is 4.24. The Kier molecular flexibility index (Phi) is 5.77. The summed E-state index contributed by atoms with van der Waals surface area (Å²) >= 11 is 0. The number of hydrogen-bond donors (Lipinski definition) is 2. The quantitative estimate of drug-likeness (QED) is 0.737. The largest absolute Gasteiger partial charge is 0.354 e. The van der Waals surface area contributed by atoms with E-state index in [9.17, 15) is 4.79 Å². The van der Waals surface area contributed by atoms with Crippen molar-refractivity contribution < 1.29 is 7.65 Å². The maximum absolute atomic E-state index is 11.2. The fourth-order valence-corrected chi connectivity index (χ4v) is 1.05. The molecule has 14 heavy (non-hydrogen) atoms. The minimum atomic E-state index is -0.0629. The third kappa shape index (κ3) is 5.97. The van der Waals surface area contributed by atoms with Crippen LogP contribution in [0.4, 0.5) is 0 Å². The van der Waals surface area contributed by atoms with Crippen LogP contribution in [0.3, 0.4) is 0 Å². The number of nitrogens with two attached hydrogens (primary N) is 1. The standard InChI is InChI=1S/C9H18N2O.C2H6.2H2/c1-7(2)5-8(12)11-6-9(10)3-4-9;1-2;;/h7H,3-6,10H2,1-2H3,(H,11,12);1-2H3;2*1H. The van der Waals surface area contributed by atoms with Crippen molar-refractivity contribution in [3.63, 3.8) is 0 Å². The van der Waals surface area contributed by atoms with Crippen molar-refractivity contribution in [2.75, 3.05) is 6.54 Å². The average molecular weight is 204 g/mol. The lowest BCUT2D eigenvalue weighted by atomic mass is 10.1. The molecule has 0 saturated heterocycles. The molecule has 1 saturated carbocycles. The first-order chi connectivity index (χ1) is 6.52. The Morgan fingerprint density at radius 2 is 2.00 bits per heavy atom. The highest BCUT2D eigenvalue weighted by Gasteiger charge is 2.38. The minimum absolute atomic E-state index is 0. The number of carbonyl (C=O) groups excluding carboxylic acids is 1. The molecular weight excluding hydrogens is 176 g/mol. The van der Waals surface area contributed by atoms with Gasteiger partial charge in [0.05, 0.1) is 0 Å². The van der Waals surface area contributed by atoms with E-state index in [0.29, 0.717) is 18.9 Å². The van der Waals surface area contributed by atoms with Crippen molar-refractivity contribution in [1.29, 1.82) is 0 Å². The van der Waals surface area contributed by atoms with Gasteiger partial charge in [-0.2, -0.15) is 0 Å². The van der Waals surface area contributed by atoms with Crippen LogP contribution in [-0.2, 0) is 4.79 Å². The van der Waals surface area contributed by atoms with E-state index in [0.717, 1.165) is 12.8 Å². The lowest BCUT2D eigenvalue weighted by Gasteiger charge is -2.11.